The van der Waals surface area contributed by atoms with Gasteiger partial charge in [0.2, 0.25) is 15.6 Å². The van der Waals surface area contributed by atoms with Gasteiger partial charge in [0, 0.05) is 16.7 Å². The standard InChI is InChI=1S/C25H20O6S/c1-3-16-8-10-17(11-9-16)23(26)15(2)31-25(28)18-12-13-20-22(14-18)32(29,30)21-7-5-4-6-19(21)24(20)27/h4-15H,3H2,1-2H3. The Balaban J connectivity index is 1.60. The Hall–Kier alpha value is -3.58. The van der Waals surface area contributed by atoms with Gasteiger partial charge in [0.1, 0.15) is 0 Å². The van der Waals surface area contributed by atoms with Crippen LogP contribution >= 0.6 is 0 Å². The van der Waals surface area contributed by atoms with Crippen molar-refractivity contribution in [3.05, 3.63) is 94.5 Å². The van der Waals surface area contributed by atoms with Crippen molar-refractivity contribution in [1.29, 1.82) is 0 Å². The Kier molecular flexibility index (Phi) is 5.52. The van der Waals surface area contributed by atoms with Crippen LogP contribution in [0.3, 0.4) is 0 Å². The van der Waals surface area contributed by atoms with Crippen molar-refractivity contribution < 1.29 is 27.5 Å². The molecule has 162 valence electrons. The zero-order valence-electron chi connectivity index (χ0n) is 17.5. The Labute approximate surface area is 185 Å². The van der Waals surface area contributed by atoms with Gasteiger partial charge in [-0.3, -0.25) is 9.59 Å². The number of hydrogen-bond acceptors (Lipinski definition) is 6. The molecule has 3 aromatic carbocycles. The van der Waals surface area contributed by atoms with Gasteiger partial charge in [-0.2, -0.15) is 0 Å². The van der Waals surface area contributed by atoms with Crippen LogP contribution in [0.15, 0.2) is 76.5 Å². The fourth-order valence-corrected chi connectivity index (χ4v) is 5.31. The predicted molar refractivity (Wildman–Crippen MR) is 117 cm³/mol. The molecule has 7 heteroatoms. The number of Topliss-reactive ketones (excluding diaryl/α,β-unsaturated/α-hetero) is 1. The molecule has 0 N–H and O–H groups in total. The highest BCUT2D eigenvalue weighted by Crippen LogP contribution is 2.34. The first-order valence-corrected chi connectivity index (χ1v) is 11.6. The van der Waals surface area contributed by atoms with Crippen LogP contribution in [0.5, 0.6) is 0 Å². The Morgan fingerprint density at radius 2 is 1.50 bits per heavy atom. The Morgan fingerprint density at radius 1 is 0.875 bits per heavy atom. The molecule has 0 fully saturated rings. The van der Waals surface area contributed by atoms with Gasteiger partial charge in [0.05, 0.1) is 15.4 Å². The molecular weight excluding hydrogens is 428 g/mol. The molecule has 0 aromatic heterocycles. The van der Waals surface area contributed by atoms with Crippen molar-refractivity contribution in [2.75, 3.05) is 0 Å². The molecule has 0 spiro atoms. The maximum atomic E-state index is 13.0. The van der Waals surface area contributed by atoms with Crippen LogP contribution in [-0.2, 0) is 21.0 Å². The van der Waals surface area contributed by atoms with Crippen LogP contribution in [0.4, 0.5) is 0 Å². The fourth-order valence-electron chi connectivity index (χ4n) is 3.63. The first kappa shape index (κ1) is 21.6. The largest absolute Gasteiger partial charge is 0.451 e. The first-order valence-electron chi connectivity index (χ1n) is 10.1. The lowest BCUT2D eigenvalue weighted by molar-refractivity contribution is 0.0318. The van der Waals surface area contributed by atoms with E-state index in [-0.39, 0.29) is 32.3 Å². The number of ether oxygens (including phenoxy) is 1. The number of ketones is 2. The van der Waals surface area contributed by atoms with Crippen LogP contribution in [-0.4, -0.2) is 32.1 Å². The molecule has 1 aliphatic rings. The normalized spacial score (nSPS) is 14.8. The molecule has 0 aliphatic carbocycles. The van der Waals surface area contributed by atoms with Crippen LogP contribution < -0.4 is 0 Å². The molecule has 1 heterocycles. The van der Waals surface area contributed by atoms with Gasteiger partial charge in [-0.15, -0.1) is 0 Å². The molecule has 1 unspecified atom stereocenters. The molecule has 0 radical (unpaired) electrons. The van der Waals surface area contributed by atoms with E-state index in [1.807, 2.05) is 19.1 Å². The summed E-state index contributed by atoms with van der Waals surface area (Å²) in [6.45, 7) is 3.47. The van der Waals surface area contributed by atoms with E-state index in [9.17, 15) is 22.8 Å². The number of rotatable bonds is 5. The van der Waals surface area contributed by atoms with Gasteiger partial charge in [0.15, 0.2) is 11.9 Å². The minimum atomic E-state index is -3.98. The molecule has 0 saturated heterocycles. The van der Waals surface area contributed by atoms with Crippen LogP contribution in [0, 0.1) is 0 Å². The van der Waals surface area contributed by atoms with Crippen molar-refractivity contribution in [3.8, 4) is 0 Å². The monoisotopic (exact) mass is 448 g/mol. The summed E-state index contributed by atoms with van der Waals surface area (Å²) < 4.78 is 31.3. The van der Waals surface area contributed by atoms with Gasteiger partial charge >= 0.3 is 5.97 Å². The van der Waals surface area contributed by atoms with E-state index >= 15 is 0 Å². The molecule has 1 atom stereocenters. The highest BCUT2D eigenvalue weighted by Gasteiger charge is 2.35. The molecule has 0 saturated carbocycles. The van der Waals surface area contributed by atoms with Crippen molar-refractivity contribution in [3.63, 3.8) is 0 Å². The van der Waals surface area contributed by atoms with Gasteiger partial charge in [-0.05, 0) is 49.2 Å². The van der Waals surface area contributed by atoms with E-state index in [0.717, 1.165) is 18.1 Å². The second-order valence-electron chi connectivity index (χ2n) is 7.50. The lowest BCUT2D eigenvalue weighted by atomic mass is 10.0. The average molecular weight is 448 g/mol. The maximum absolute atomic E-state index is 13.0. The van der Waals surface area contributed by atoms with Crippen LogP contribution in [0.2, 0.25) is 0 Å². The summed E-state index contributed by atoms with van der Waals surface area (Å²) in [5, 5.41) is 0. The quantitative estimate of drug-likeness (QED) is 0.338. The van der Waals surface area contributed by atoms with Crippen molar-refractivity contribution in [1.82, 2.24) is 0 Å². The van der Waals surface area contributed by atoms with Crippen molar-refractivity contribution in [2.24, 2.45) is 0 Å². The zero-order valence-corrected chi connectivity index (χ0v) is 18.3. The minimum Gasteiger partial charge on any atom is -0.451 e. The Morgan fingerprint density at radius 3 is 2.19 bits per heavy atom. The predicted octanol–water partition coefficient (Wildman–Crippen LogP) is 4.05. The molecule has 0 bridgehead atoms. The van der Waals surface area contributed by atoms with Crippen molar-refractivity contribution >= 4 is 27.4 Å². The topological polar surface area (TPSA) is 94.6 Å². The zero-order chi connectivity index (χ0) is 23.0. The lowest BCUT2D eigenvalue weighted by Gasteiger charge is -2.19. The summed E-state index contributed by atoms with van der Waals surface area (Å²) in [6.07, 6.45) is -0.224. The van der Waals surface area contributed by atoms with E-state index in [0.29, 0.717) is 5.56 Å². The summed E-state index contributed by atoms with van der Waals surface area (Å²) >= 11 is 0. The number of sulfone groups is 1. The number of esters is 1. The number of hydrogen-bond donors (Lipinski definition) is 0. The van der Waals surface area contributed by atoms with Crippen LogP contribution in [0.1, 0.15) is 56.0 Å². The van der Waals surface area contributed by atoms with Crippen LogP contribution in [0.25, 0.3) is 0 Å². The molecule has 4 rings (SSSR count). The maximum Gasteiger partial charge on any atom is 0.338 e. The molecule has 32 heavy (non-hydrogen) atoms. The highest BCUT2D eigenvalue weighted by atomic mass is 32.2. The van der Waals surface area contributed by atoms with Gasteiger partial charge in [-0.1, -0.05) is 43.3 Å². The number of benzene rings is 3. The third kappa shape index (κ3) is 3.65. The lowest BCUT2D eigenvalue weighted by Crippen LogP contribution is -2.25. The first-order chi connectivity index (χ1) is 15.2. The van der Waals surface area contributed by atoms with Gasteiger partial charge in [-0.25, -0.2) is 13.2 Å². The summed E-state index contributed by atoms with van der Waals surface area (Å²) in [6, 6.07) is 16.8. The smallest absolute Gasteiger partial charge is 0.338 e. The second kappa shape index (κ2) is 8.16. The molecule has 6 nitrogen and oxygen atoms in total. The number of carbonyl (C=O) groups is 3. The summed E-state index contributed by atoms with van der Waals surface area (Å²) in [7, 11) is -3.98. The average Bonchev–Trinajstić information content (AvgIpc) is 2.82. The molecule has 1 aliphatic heterocycles. The van der Waals surface area contributed by atoms with E-state index in [1.165, 1.54) is 37.3 Å². The summed E-state index contributed by atoms with van der Waals surface area (Å²) in [5.41, 5.74) is 1.54. The van der Waals surface area contributed by atoms with Gasteiger partial charge < -0.3 is 4.74 Å². The molecular formula is C25H20O6S. The number of carbonyl (C=O) groups excluding carboxylic acids is 3. The highest BCUT2D eigenvalue weighted by molar-refractivity contribution is 7.91. The minimum absolute atomic E-state index is 0.000360. The third-order valence-electron chi connectivity index (χ3n) is 5.47. The second-order valence-corrected chi connectivity index (χ2v) is 9.39. The number of aryl methyl sites for hydroxylation is 1. The van der Waals surface area contributed by atoms with E-state index in [4.69, 9.17) is 4.74 Å². The summed E-state index contributed by atoms with van der Waals surface area (Å²) in [4.78, 5) is 37.7. The van der Waals surface area contributed by atoms with Gasteiger partial charge in [0.25, 0.3) is 0 Å². The third-order valence-corrected chi connectivity index (χ3v) is 7.32. The summed E-state index contributed by atoms with van der Waals surface area (Å²) in [5.74, 6) is -1.64. The fraction of sp³-hybridized carbons (Fsp3) is 0.160. The Bertz CT molecular complexity index is 1350. The SMILES string of the molecule is CCc1ccc(C(=O)C(C)OC(=O)c2ccc3c(c2)S(=O)(=O)c2ccccc2C3=O)cc1. The molecule has 3 aromatic rings. The van der Waals surface area contributed by atoms with E-state index in [1.54, 1.807) is 18.2 Å². The van der Waals surface area contributed by atoms with E-state index < -0.39 is 27.7 Å². The van der Waals surface area contributed by atoms with E-state index in [2.05, 4.69) is 0 Å². The molecule has 0 amide bonds. The number of fused-ring (bicyclic) bond motifs is 2. The van der Waals surface area contributed by atoms with Crippen molar-refractivity contribution in [2.45, 2.75) is 36.2 Å².